The number of aliphatic hydroxyl groups is 1. The molecule has 2 saturated heterocycles. The molecular weight excluding hydrogens is 482 g/mol. The van der Waals surface area contributed by atoms with E-state index in [9.17, 15) is 24.3 Å². The average molecular weight is 505 g/mol. The summed E-state index contributed by atoms with van der Waals surface area (Å²) in [7, 11) is 2.92. The Bertz CT molecular complexity index is 1400. The smallest absolute Gasteiger partial charge is 0.323 e. The molecule has 190 valence electrons. The molecule has 2 aromatic rings. The fourth-order valence-electron chi connectivity index (χ4n) is 4.53. The summed E-state index contributed by atoms with van der Waals surface area (Å²) < 4.78 is 10.5. The first kappa shape index (κ1) is 24.1. The quantitative estimate of drug-likeness (QED) is 0.373. The molecule has 12 heteroatoms. The summed E-state index contributed by atoms with van der Waals surface area (Å²) >= 11 is 0. The zero-order valence-corrected chi connectivity index (χ0v) is 20.0. The van der Waals surface area contributed by atoms with Crippen LogP contribution >= 0.6 is 0 Å². The van der Waals surface area contributed by atoms with Crippen molar-refractivity contribution >= 4 is 29.6 Å². The van der Waals surface area contributed by atoms with Gasteiger partial charge in [-0.3, -0.25) is 24.6 Å². The summed E-state index contributed by atoms with van der Waals surface area (Å²) in [5.41, 5.74) is -0.433. The number of urea groups is 1. The van der Waals surface area contributed by atoms with Crippen molar-refractivity contribution in [1.82, 2.24) is 20.5 Å². The average Bonchev–Trinajstić information content (AvgIpc) is 3.48. The van der Waals surface area contributed by atoms with Gasteiger partial charge in [0.2, 0.25) is 11.4 Å². The molecule has 37 heavy (non-hydrogen) atoms. The van der Waals surface area contributed by atoms with Crippen molar-refractivity contribution in [2.24, 2.45) is 0 Å². The molecular formula is C25H23N5O7. The molecule has 2 fully saturated rings. The normalized spacial score (nSPS) is 22.4. The van der Waals surface area contributed by atoms with Crippen LogP contribution in [0.2, 0.25) is 0 Å². The Kier molecular flexibility index (Phi) is 5.93. The number of benzene rings is 1. The van der Waals surface area contributed by atoms with Crippen LogP contribution in [0.3, 0.4) is 0 Å². The number of aliphatic hydroxyl groups excluding tert-OH is 1. The van der Waals surface area contributed by atoms with Gasteiger partial charge in [0.25, 0.3) is 11.8 Å². The van der Waals surface area contributed by atoms with Crippen LogP contribution in [0.15, 0.2) is 30.3 Å². The van der Waals surface area contributed by atoms with E-state index in [4.69, 9.17) is 9.47 Å². The van der Waals surface area contributed by atoms with Crippen molar-refractivity contribution < 1.29 is 33.8 Å². The van der Waals surface area contributed by atoms with E-state index in [1.54, 1.807) is 30.3 Å². The minimum absolute atomic E-state index is 0.0117. The maximum absolute atomic E-state index is 13.1. The third kappa shape index (κ3) is 4.30. The number of carbonyl (C=O) groups excluding carboxylic acids is 4. The second kappa shape index (κ2) is 9.11. The minimum atomic E-state index is -1.75. The highest BCUT2D eigenvalue weighted by atomic mass is 16.5. The van der Waals surface area contributed by atoms with Crippen molar-refractivity contribution in [3.8, 4) is 23.3 Å². The lowest BCUT2D eigenvalue weighted by atomic mass is 9.99. The summed E-state index contributed by atoms with van der Waals surface area (Å²) in [6.45, 7) is 0.100. The van der Waals surface area contributed by atoms with Gasteiger partial charge in [-0.2, -0.15) is 0 Å². The van der Waals surface area contributed by atoms with Gasteiger partial charge in [-0.25, -0.2) is 9.78 Å². The van der Waals surface area contributed by atoms with Crippen molar-refractivity contribution in [2.45, 2.75) is 24.6 Å². The van der Waals surface area contributed by atoms with Crippen molar-refractivity contribution in [1.29, 1.82) is 0 Å². The van der Waals surface area contributed by atoms with E-state index in [1.807, 2.05) is 0 Å². The number of fused-ring (bicyclic) bond motifs is 1. The summed E-state index contributed by atoms with van der Waals surface area (Å²) in [4.78, 5) is 57.5. The Morgan fingerprint density at radius 2 is 1.97 bits per heavy atom. The van der Waals surface area contributed by atoms with E-state index in [-0.39, 0.29) is 55.1 Å². The van der Waals surface area contributed by atoms with E-state index >= 15 is 0 Å². The van der Waals surface area contributed by atoms with Gasteiger partial charge >= 0.3 is 6.03 Å². The number of rotatable bonds is 5. The van der Waals surface area contributed by atoms with Gasteiger partial charge in [0, 0.05) is 12.1 Å². The topological polar surface area (TPSA) is 150 Å². The monoisotopic (exact) mass is 505 g/mol. The number of carbonyl (C=O) groups is 4. The maximum Gasteiger partial charge on any atom is 0.323 e. The predicted octanol–water partition coefficient (Wildman–Crippen LogP) is -0.218. The Hall–Kier alpha value is -4.63. The van der Waals surface area contributed by atoms with E-state index < -0.39 is 23.6 Å². The van der Waals surface area contributed by atoms with Crippen molar-refractivity contribution in [3.05, 3.63) is 47.2 Å². The van der Waals surface area contributed by atoms with Crippen LogP contribution in [0.25, 0.3) is 0 Å². The summed E-state index contributed by atoms with van der Waals surface area (Å²) in [6, 6.07) is 7.53. The van der Waals surface area contributed by atoms with Gasteiger partial charge < -0.3 is 24.8 Å². The first-order chi connectivity index (χ1) is 17.7. The van der Waals surface area contributed by atoms with Crippen molar-refractivity contribution in [3.63, 3.8) is 0 Å². The van der Waals surface area contributed by atoms with Crippen LogP contribution in [0.5, 0.6) is 11.5 Å². The molecule has 3 N–H and O–H groups in total. The molecule has 0 aliphatic carbocycles. The molecule has 5 amide bonds. The largest absolute Gasteiger partial charge is 0.497 e. The SMILES string of the molecule is COc1ccc2c(c1)C(=O)N(C[C@@]1(C#Cc3nc(N4CC(O)CC4=O)ccc3OC)NC(=O)NC1=O)C2. The molecule has 0 spiro atoms. The van der Waals surface area contributed by atoms with E-state index in [2.05, 4.69) is 27.5 Å². The lowest BCUT2D eigenvalue weighted by Crippen LogP contribution is -2.54. The van der Waals surface area contributed by atoms with Gasteiger partial charge in [0.15, 0.2) is 11.4 Å². The molecule has 1 aromatic carbocycles. The lowest BCUT2D eigenvalue weighted by molar-refractivity contribution is -0.122. The standard InChI is InChI=1S/C25H23N5O7/c1-36-16-4-3-14-11-29(22(33)17(14)10-16)13-25(23(34)27-24(35)28-25)8-7-18-19(37-2)5-6-20(26-18)30-12-15(31)9-21(30)32/h3-6,10,15,31H,9,11-13H2,1-2H3,(H2,27,28,34,35)/t15?,25-/m1/s1. The number of hydrogen-bond donors (Lipinski definition) is 3. The predicted molar refractivity (Wildman–Crippen MR) is 128 cm³/mol. The number of aromatic nitrogens is 1. The number of ether oxygens (including phenoxy) is 2. The number of β-amino-alcohol motifs (C(OH)–C–C–N with tert-alkyl or cyclic N) is 1. The van der Waals surface area contributed by atoms with Gasteiger partial charge in [-0.15, -0.1) is 0 Å². The summed E-state index contributed by atoms with van der Waals surface area (Å²) in [5.74, 6) is 5.34. The van der Waals surface area contributed by atoms with Gasteiger partial charge in [0.05, 0.1) is 39.8 Å². The molecule has 4 heterocycles. The molecule has 1 aromatic heterocycles. The zero-order chi connectivity index (χ0) is 26.3. The highest BCUT2D eigenvalue weighted by Gasteiger charge is 2.48. The highest BCUT2D eigenvalue weighted by molar-refractivity contribution is 6.10. The molecule has 3 aliphatic heterocycles. The molecule has 1 unspecified atom stereocenters. The number of pyridine rings is 1. The third-order valence-corrected chi connectivity index (χ3v) is 6.40. The first-order valence-electron chi connectivity index (χ1n) is 11.4. The summed E-state index contributed by atoms with van der Waals surface area (Å²) in [6.07, 6.45) is -0.809. The molecule has 3 aliphatic rings. The van der Waals surface area contributed by atoms with Crippen LogP contribution in [0.1, 0.15) is 28.0 Å². The first-order valence-corrected chi connectivity index (χ1v) is 11.4. The zero-order valence-electron chi connectivity index (χ0n) is 20.0. The van der Waals surface area contributed by atoms with Gasteiger partial charge in [0.1, 0.15) is 11.6 Å². The summed E-state index contributed by atoms with van der Waals surface area (Å²) in [5, 5.41) is 14.6. The molecule has 0 radical (unpaired) electrons. The van der Waals surface area contributed by atoms with Crippen LogP contribution in [-0.4, -0.2) is 77.7 Å². The number of imide groups is 1. The fraction of sp³-hybridized carbons (Fsp3) is 0.320. The fourth-order valence-corrected chi connectivity index (χ4v) is 4.53. The molecule has 2 atom stereocenters. The Labute approximate surface area is 211 Å². The van der Waals surface area contributed by atoms with Crippen molar-refractivity contribution in [2.75, 3.05) is 32.2 Å². The number of nitrogens with zero attached hydrogens (tertiary/aromatic N) is 3. The Balaban J connectivity index is 1.48. The molecule has 5 rings (SSSR count). The highest BCUT2D eigenvalue weighted by Crippen LogP contribution is 2.29. The number of hydrogen-bond acceptors (Lipinski definition) is 8. The van der Waals surface area contributed by atoms with E-state index in [0.29, 0.717) is 11.3 Å². The van der Waals surface area contributed by atoms with Crippen LogP contribution < -0.4 is 25.0 Å². The van der Waals surface area contributed by atoms with Crippen LogP contribution in [0, 0.1) is 11.8 Å². The minimum Gasteiger partial charge on any atom is -0.497 e. The lowest BCUT2D eigenvalue weighted by Gasteiger charge is -2.26. The maximum atomic E-state index is 13.1. The Morgan fingerprint density at radius 3 is 2.62 bits per heavy atom. The van der Waals surface area contributed by atoms with Gasteiger partial charge in [-0.1, -0.05) is 12.0 Å². The van der Waals surface area contributed by atoms with E-state index in [0.717, 1.165) is 5.56 Å². The second-order valence-electron chi connectivity index (χ2n) is 8.83. The molecule has 0 bridgehead atoms. The number of amides is 5. The van der Waals surface area contributed by atoms with Crippen LogP contribution in [-0.2, 0) is 16.1 Å². The molecule has 12 nitrogen and oxygen atoms in total. The molecule has 0 saturated carbocycles. The second-order valence-corrected chi connectivity index (χ2v) is 8.83. The third-order valence-electron chi connectivity index (χ3n) is 6.40. The number of methoxy groups -OCH3 is 2. The van der Waals surface area contributed by atoms with Crippen LogP contribution in [0.4, 0.5) is 10.6 Å². The Morgan fingerprint density at radius 1 is 1.16 bits per heavy atom. The van der Waals surface area contributed by atoms with E-state index in [1.165, 1.54) is 24.0 Å². The number of anilines is 1. The number of nitrogens with one attached hydrogen (secondary N) is 2. The van der Waals surface area contributed by atoms with Gasteiger partial charge in [-0.05, 0) is 35.7 Å².